The molecular weight excluding hydrogens is 258 g/mol. The van der Waals surface area contributed by atoms with Crippen LogP contribution in [0.5, 0.6) is 10.9 Å². The van der Waals surface area contributed by atoms with Gasteiger partial charge in [0.2, 0.25) is 0 Å². The van der Waals surface area contributed by atoms with E-state index in [-0.39, 0.29) is 0 Å². The minimum absolute atomic E-state index is 0.503. The van der Waals surface area contributed by atoms with Crippen molar-refractivity contribution < 1.29 is 4.74 Å². The molecule has 1 aromatic carbocycles. The second kappa shape index (κ2) is 5.44. The number of benzene rings is 1. The van der Waals surface area contributed by atoms with Crippen LogP contribution in [0.25, 0.3) is 0 Å². The Hall–Kier alpha value is -1.17. The zero-order valence-electron chi connectivity index (χ0n) is 9.53. The summed E-state index contributed by atoms with van der Waals surface area (Å²) in [5.74, 6) is 0.610. The number of aromatic nitrogens is 2. The number of ether oxygens (including phenoxy) is 1. The maximum atomic E-state index is 6.03. The number of nitrogens with one attached hydrogen (secondary N) is 1. The average Bonchev–Trinajstić information content (AvgIpc) is 2.72. The predicted octanol–water partition coefficient (Wildman–Crippen LogP) is 3.01. The van der Waals surface area contributed by atoms with Crippen LogP contribution in [0.4, 0.5) is 0 Å². The minimum Gasteiger partial charge on any atom is -0.428 e. The number of hydrogen-bond acceptors (Lipinski definition) is 5. The van der Waals surface area contributed by atoms with Crippen LogP contribution in [0, 0.1) is 6.92 Å². The first-order valence-electron chi connectivity index (χ1n) is 5.10. The smallest absolute Gasteiger partial charge is 0.299 e. The molecule has 0 aliphatic heterocycles. The van der Waals surface area contributed by atoms with Crippen LogP contribution in [0.2, 0.25) is 5.02 Å². The maximum absolute atomic E-state index is 6.03. The number of hydrogen-bond donors (Lipinski definition) is 1. The maximum Gasteiger partial charge on any atom is 0.299 e. The van der Waals surface area contributed by atoms with Crippen molar-refractivity contribution in [1.82, 2.24) is 15.5 Å². The molecule has 0 saturated heterocycles. The molecule has 4 nitrogen and oxygen atoms in total. The van der Waals surface area contributed by atoms with E-state index in [4.69, 9.17) is 16.3 Å². The molecule has 0 saturated carbocycles. The highest BCUT2D eigenvalue weighted by molar-refractivity contribution is 7.13. The Balaban J connectivity index is 2.16. The van der Waals surface area contributed by atoms with Crippen molar-refractivity contribution in [1.29, 1.82) is 0 Å². The van der Waals surface area contributed by atoms with Crippen LogP contribution >= 0.6 is 22.9 Å². The number of rotatable bonds is 4. The monoisotopic (exact) mass is 269 g/mol. The van der Waals surface area contributed by atoms with Crippen molar-refractivity contribution in [3.63, 3.8) is 0 Å². The van der Waals surface area contributed by atoms with Gasteiger partial charge in [0.15, 0.2) is 0 Å². The summed E-state index contributed by atoms with van der Waals surface area (Å²) in [5, 5.41) is 12.9. The highest BCUT2D eigenvalue weighted by atomic mass is 35.5. The number of nitrogens with zero attached hydrogens (tertiary/aromatic N) is 2. The highest BCUT2D eigenvalue weighted by Crippen LogP contribution is 2.31. The lowest BCUT2D eigenvalue weighted by molar-refractivity contribution is 0.473. The molecule has 17 heavy (non-hydrogen) atoms. The lowest BCUT2D eigenvalue weighted by Crippen LogP contribution is -2.04. The van der Waals surface area contributed by atoms with Crippen molar-refractivity contribution in [2.24, 2.45) is 0 Å². The predicted molar refractivity (Wildman–Crippen MR) is 68.9 cm³/mol. The van der Waals surface area contributed by atoms with E-state index < -0.39 is 0 Å². The van der Waals surface area contributed by atoms with Crippen molar-refractivity contribution >= 4 is 22.9 Å². The first-order valence-corrected chi connectivity index (χ1v) is 6.29. The molecule has 0 radical (unpaired) electrons. The summed E-state index contributed by atoms with van der Waals surface area (Å²) in [6.07, 6.45) is 0. The van der Waals surface area contributed by atoms with Crippen molar-refractivity contribution in [3.05, 3.63) is 33.8 Å². The molecule has 0 spiro atoms. The molecule has 0 fully saturated rings. The summed E-state index contributed by atoms with van der Waals surface area (Å²) >= 11 is 7.43. The van der Waals surface area contributed by atoms with Crippen LogP contribution in [-0.2, 0) is 6.54 Å². The fraction of sp³-hybridized carbons (Fsp3) is 0.273. The highest BCUT2D eigenvalue weighted by Gasteiger charge is 2.08. The van der Waals surface area contributed by atoms with E-state index >= 15 is 0 Å². The Morgan fingerprint density at radius 2 is 2.24 bits per heavy atom. The zero-order chi connectivity index (χ0) is 12.3. The topological polar surface area (TPSA) is 47.0 Å². The van der Waals surface area contributed by atoms with E-state index in [1.807, 2.05) is 32.2 Å². The second-order valence-electron chi connectivity index (χ2n) is 3.53. The Labute approximate surface area is 109 Å². The number of aryl methyl sites for hydroxylation is 1. The standard InChI is InChI=1S/C11H12ClN3OS/c1-7-3-4-8(12)9(5-7)16-11-15-14-10(17-11)6-13-2/h3-5,13H,6H2,1-2H3. The molecule has 1 aromatic heterocycles. The van der Waals surface area contributed by atoms with Crippen LogP contribution in [0.1, 0.15) is 10.6 Å². The Kier molecular flexibility index (Phi) is 3.93. The van der Waals surface area contributed by atoms with Crippen molar-refractivity contribution in [2.75, 3.05) is 7.05 Å². The van der Waals surface area contributed by atoms with Gasteiger partial charge in [-0.2, -0.15) is 0 Å². The molecule has 1 heterocycles. The molecule has 1 N–H and O–H groups in total. The fourth-order valence-electron chi connectivity index (χ4n) is 1.28. The van der Waals surface area contributed by atoms with Crippen molar-refractivity contribution in [3.8, 4) is 10.9 Å². The molecule has 0 bridgehead atoms. The summed E-state index contributed by atoms with van der Waals surface area (Å²) in [7, 11) is 1.86. The van der Waals surface area contributed by atoms with E-state index in [1.165, 1.54) is 11.3 Å². The SMILES string of the molecule is CNCc1nnc(Oc2cc(C)ccc2Cl)s1. The summed E-state index contributed by atoms with van der Waals surface area (Å²) in [6, 6.07) is 5.62. The third-order valence-electron chi connectivity index (χ3n) is 2.06. The van der Waals surface area contributed by atoms with Gasteiger partial charge in [-0.15, -0.1) is 5.10 Å². The van der Waals surface area contributed by atoms with Gasteiger partial charge >= 0.3 is 0 Å². The quantitative estimate of drug-likeness (QED) is 0.927. The van der Waals surface area contributed by atoms with Gasteiger partial charge in [0.25, 0.3) is 5.19 Å². The molecule has 0 unspecified atom stereocenters. The van der Waals surface area contributed by atoms with Crippen LogP contribution < -0.4 is 10.1 Å². The van der Waals surface area contributed by atoms with Gasteiger partial charge in [-0.3, -0.25) is 0 Å². The largest absolute Gasteiger partial charge is 0.428 e. The molecule has 0 amide bonds. The van der Waals surface area contributed by atoms with Crippen molar-refractivity contribution in [2.45, 2.75) is 13.5 Å². The lowest BCUT2D eigenvalue weighted by atomic mass is 10.2. The Morgan fingerprint density at radius 1 is 1.41 bits per heavy atom. The van der Waals surface area contributed by atoms with Gasteiger partial charge < -0.3 is 10.1 Å². The minimum atomic E-state index is 0.503. The van der Waals surface area contributed by atoms with E-state index in [0.29, 0.717) is 22.5 Å². The second-order valence-corrected chi connectivity index (χ2v) is 4.96. The van der Waals surface area contributed by atoms with E-state index in [9.17, 15) is 0 Å². The van der Waals surface area contributed by atoms with E-state index in [0.717, 1.165) is 10.6 Å². The third-order valence-corrected chi connectivity index (χ3v) is 3.17. The molecule has 0 aliphatic rings. The third kappa shape index (κ3) is 3.15. The molecule has 2 rings (SSSR count). The Morgan fingerprint density at radius 3 is 3.00 bits per heavy atom. The normalized spacial score (nSPS) is 10.5. The average molecular weight is 270 g/mol. The molecule has 90 valence electrons. The summed E-state index contributed by atoms with van der Waals surface area (Å²) in [5.41, 5.74) is 1.09. The Bertz CT molecular complexity index is 515. The first kappa shape index (κ1) is 12.3. The zero-order valence-corrected chi connectivity index (χ0v) is 11.1. The molecule has 0 atom stereocenters. The van der Waals surface area contributed by atoms with Gasteiger partial charge in [0.1, 0.15) is 10.8 Å². The van der Waals surface area contributed by atoms with E-state index in [1.54, 1.807) is 0 Å². The molecular formula is C11H12ClN3OS. The molecule has 2 aromatic rings. The fourth-order valence-corrected chi connectivity index (χ4v) is 2.15. The molecule has 0 aliphatic carbocycles. The van der Waals surface area contributed by atoms with Gasteiger partial charge in [0.05, 0.1) is 5.02 Å². The van der Waals surface area contributed by atoms with Gasteiger partial charge in [-0.05, 0) is 31.7 Å². The van der Waals surface area contributed by atoms with Crippen LogP contribution in [0.3, 0.4) is 0 Å². The number of halogens is 1. The summed E-state index contributed by atoms with van der Waals surface area (Å²) < 4.78 is 5.60. The molecule has 6 heteroatoms. The van der Waals surface area contributed by atoms with Gasteiger partial charge in [0, 0.05) is 6.54 Å². The lowest BCUT2D eigenvalue weighted by Gasteiger charge is -2.04. The van der Waals surface area contributed by atoms with Gasteiger partial charge in [-0.25, -0.2) is 0 Å². The van der Waals surface area contributed by atoms with Crippen LogP contribution in [0.15, 0.2) is 18.2 Å². The first-order chi connectivity index (χ1) is 8.19. The summed E-state index contributed by atoms with van der Waals surface area (Å²) in [6.45, 7) is 2.66. The van der Waals surface area contributed by atoms with E-state index in [2.05, 4.69) is 15.5 Å². The summed E-state index contributed by atoms with van der Waals surface area (Å²) in [4.78, 5) is 0. The van der Waals surface area contributed by atoms with Crippen LogP contribution in [-0.4, -0.2) is 17.2 Å². The van der Waals surface area contributed by atoms with Gasteiger partial charge in [-0.1, -0.05) is 34.1 Å².